The molecule has 0 saturated heterocycles. The van der Waals surface area contributed by atoms with Crippen LogP contribution in [0, 0.1) is 2.88 Å². The van der Waals surface area contributed by atoms with Gasteiger partial charge in [0.2, 0.25) is 0 Å². The van der Waals surface area contributed by atoms with Gasteiger partial charge in [0, 0.05) is 25.5 Å². The van der Waals surface area contributed by atoms with Crippen LogP contribution in [0.3, 0.4) is 0 Å². The lowest BCUT2D eigenvalue weighted by Crippen LogP contribution is -2.38. The molecule has 2 aromatic rings. The number of hydrogen-bond acceptors (Lipinski definition) is 4. The number of thiophene rings is 1. The highest BCUT2D eigenvalue weighted by atomic mass is 127. The summed E-state index contributed by atoms with van der Waals surface area (Å²) in [5, 5.41) is 10.5. The minimum Gasteiger partial charge on any atom is -0.356 e. The predicted molar refractivity (Wildman–Crippen MR) is 89.9 cm³/mol. The van der Waals surface area contributed by atoms with Crippen molar-refractivity contribution in [3.63, 3.8) is 0 Å². The van der Waals surface area contributed by atoms with Gasteiger partial charge in [-0.2, -0.15) is 5.10 Å². The molecule has 0 aliphatic heterocycles. The number of hydrogen-bond donors (Lipinski definition) is 2. The summed E-state index contributed by atoms with van der Waals surface area (Å²) in [6, 6.07) is 4.31. The molecule has 2 heterocycles. The first-order valence-corrected chi connectivity index (χ1v) is 8.10. The summed E-state index contributed by atoms with van der Waals surface area (Å²) >= 11 is 4.17. The van der Waals surface area contributed by atoms with Crippen LogP contribution in [0.1, 0.15) is 10.7 Å². The Balaban J connectivity index is 1.74. The van der Waals surface area contributed by atoms with E-state index in [1.165, 1.54) is 7.76 Å². The number of aryl methyl sites for hydroxylation is 1. The van der Waals surface area contributed by atoms with Gasteiger partial charge < -0.3 is 10.6 Å². The summed E-state index contributed by atoms with van der Waals surface area (Å²) in [5.41, 5.74) is 0. The van der Waals surface area contributed by atoms with Gasteiger partial charge in [0.1, 0.15) is 12.2 Å². The first-order chi connectivity index (χ1) is 9.69. The maximum atomic E-state index is 4.19. The summed E-state index contributed by atoms with van der Waals surface area (Å²) in [5.74, 6) is 1.65. The fraction of sp³-hybridized carbons (Fsp3) is 0.417. The molecular weight excluding hydrogens is 387 g/mol. The Labute approximate surface area is 135 Å². The van der Waals surface area contributed by atoms with E-state index in [-0.39, 0.29) is 0 Å². The molecule has 0 unspecified atom stereocenters. The summed E-state index contributed by atoms with van der Waals surface area (Å²) in [4.78, 5) is 9.73. The van der Waals surface area contributed by atoms with Gasteiger partial charge in [-0.3, -0.25) is 9.67 Å². The second kappa shape index (κ2) is 7.58. The van der Waals surface area contributed by atoms with Gasteiger partial charge in [-0.15, -0.1) is 11.3 Å². The fourth-order valence-electron chi connectivity index (χ4n) is 1.65. The molecule has 20 heavy (non-hydrogen) atoms. The van der Waals surface area contributed by atoms with E-state index in [9.17, 15) is 0 Å². The summed E-state index contributed by atoms with van der Waals surface area (Å²) in [7, 11) is 3.64. The van der Waals surface area contributed by atoms with E-state index in [0.717, 1.165) is 24.7 Å². The molecule has 0 aliphatic rings. The van der Waals surface area contributed by atoms with Crippen LogP contribution in [-0.4, -0.2) is 34.3 Å². The van der Waals surface area contributed by atoms with Crippen molar-refractivity contribution in [3.8, 4) is 0 Å². The van der Waals surface area contributed by atoms with E-state index in [0.29, 0.717) is 6.54 Å². The Hall–Kier alpha value is -1.16. The summed E-state index contributed by atoms with van der Waals surface area (Å²) in [6.07, 6.45) is 2.55. The smallest absolute Gasteiger partial charge is 0.191 e. The predicted octanol–water partition coefficient (Wildman–Crippen LogP) is 1.39. The highest BCUT2D eigenvalue weighted by Gasteiger charge is 2.03. The third-order valence-corrected chi connectivity index (χ3v) is 4.69. The minimum absolute atomic E-state index is 0.604. The van der Waals surface area contributed by atoms with E-state index < -0.39 is 0 Å². The first-order valence-electron chi connectivity index (χ1n) is 6.20. The number of halogens is 1. The Morgan fingerprint density at radius 1 is 1.45 bits per heavy atom. The molecule has 2 rings (SSSR count). The van der Waals surface area contributed by atoms with Gasteiger partial charge >= 0.3 is 0 Å². The molecule has 0 saturated carbocycles. The van der Waals surface area contributed by atoms with Crippen molar-refractivity contribution in [1.82, 2.24) is 25.4 Å². The van der Waals surface area contributed by atoms with Crippen molar-refractivity contribution in [2.24, 2.45) is 12.0 Å². The van der Waals surface area contributed by atoms with E-state index >= 15 is 0 Å². The molecule has 8 heteroatoms. The van der Waals surface area contributed by atoms with Gasteiger partial charge in [0.15, 0.2) is 5.96 Å². The number of aromatic nitrogens is 3. The molecule has 0 radical (unpaired) electrons. The average molecular weight is 404 g/mol. The topological polar surface area (TPSA) is 67.1 Å². The molecule has 0 aliphatic carbocycles. The SMILES string of the molecule is CN=C(NCCc1ccc(I)s1)NCc1ncnn1C. The van der Waals surface area contributed by atoms with Crippen molar-refractivity contribution in [3.05, 3.63) is 32.0 Å². The second-order valence-corrected chi connectivity index (χ2v) is 7.17. The lowest BCUT2D eigenvalue weighted by Gasteiger charge is -2.10. The summed E-state index contributed by atoms with van der Waals surface area (Å²) in [6.45, 7) is 1.46. The maximum absolute atomic E-state index is 4.19. The number of nitrogens with one attached hydrogen (secondary N) is 2. The number of nitrogens with zero attached hydrogens (tertiary/aromatic N) is 4. The Morgan fingerprint density at radius 3 is 2.90 bits per heavy atom. The molecule has 6 nitrogen and oxygen atoms in total. The van der Waals surface area contributed by atoms with Crippen molar-refractivity contribution in [2.75, 3.05) is 13.6 Å². The van der Waals surface area contributed by atoms with Crippen LogP contribution >= 0.6 is 33.9 Å². The van der Waals surface area contributed by atoms with Crippen molar-refractivity contribution in [2.45, 2.75) is 13.0 Å². The summed E-state index contributed by atoms with van der Waals surface area (Å²) < 4.78 is 3.07. The van der Waals surface area contributed by atoms with Crippen LogP contribution in [0.15, 0.2) is 23.5 Å². The van der Waals surface area contributed by atoms with Crippen molar-refractivity contribution >= 4 is 39.9 Å². The third kappa shape index (κ3) is 4.44. The third-order valence-electron chi connectivity index (χ3n) is 2.74. The Morgan fingerprint density at radius 2 is 2.30 bits per heavy atom. The number of aliphatic imine (C=N–C) groups is 1. The molecule has 2 aromatic heterocycles. The second-order valence-electron chi connectivity index (χ2n) is 4.11. The number of guanidine groups is 1. The van der Waals surface area contributed by atoms with Crippen molar-refractivity contribution in [1.29, 1.82) is 0 Å². The molecule has 108 valence electrons. The van der Waals surface area contributed by atoms with E-state index in [1.807, 2.05) is 18.4 Å². The lowest BCUT2D eigenvalue weighted by atomic mass is 10.3. The molecule has 2 N–H and O–H groups in total. The molecular formula is C12H17IN6S. The fourth-order valence-corrected chi connectivity index (χ4v) is 3.41. The van der Waals surface area contributed by atoms with Crippen molar-refractivity contribution < 1.29 is 0 Å². The molecule has 0 fully saturated rings. The van der Waals surface area contributed by atoms with E-state index in [4.69, 9.17) is 0 Å². The molecule has 0 bridgehead atoms. The molecule has 0 atom stereocenters. The molecule has 0 amide bonds. The number of rotatable bonds is 5. The minimum atomic E-state index is 0.604. The van der Waals surface area contributed by atoms with Crippen LogP contribution in [0.5, 0.6) is 0 Å². The van der Waals surface area contributed by atoms with E-state index in [1.54, 1.807) is 18.1 Å². The standard InChI is InChI=1S/C12H17IN6S/c1-14-12(16-7-11-17-8-18-19(11)2)15-6-5-9-3-4-10(13)20-9/h3-4,8H,5-7H2,1-2H3,(H2,14,15,16). The highest BCUT2D eigenvalue weighted by Crippen LogP contribution is 2.18. The van der Waals surface area contributed by atoms with Crippen LogP contribution in [0.4, 0.5) is 0 Å². The van der Waals surface area contributed by atoms with Gasteiger partial charge in [0.25, 0.3) is 0 Å². The average Bonchev–Trinajstić information content (AvgIpc) is 3.03. The largest absolute Gasteiger partial charge is 0.356 e. The maximum Gasteiger partial charge on any atom is 0.191 e. The highest BCUT2D eigenvalue weighted by molar-refractivity contribution is 14.1. The van der Waals surface area contributed by atoms with Gasteiger partial charge in [-0.05, 0) is 41.1 Å². The Bertz CT molecular complexity index is 576. The van der Waals surface area contributed by atoms with Gasteiger partial charge in [-0.25, -0.2) is 4.98 Å². The van der Waals surface area contributed by atoms with Gasteiger partial charge in [-0.1, -0.05) is 0 Å². The quantitative estimate of drug-likeness (QED) is 0.449. The lowest BCUT2D eigenvalue weighted by molar-refractivity contribution is 0.672. The zero-order chi connectivity index (χ0) is 14.4. The molecule has 0 spiro atoms. The van der Waals surface area contributed by atoms with Crippen LogP contribution in [0.25, 0.3) is 0 Å². The normalized spacial score (nSPS) is 11.7. The van der Waals surface area contributed by atoms with Crippen LogP contribution in [0.2, 0.25) is 0 Å². The first kappa shape index (κ1) is 15.2. The van der Waals surface area contributed by atoms with Crippen LogP contribution < -0.4 is 10.6 Å². The van der Waals surface area contributed by atoms with Crippen LogP contribution in [-0.2, 0) is 20.0 Å². The Kier molecular flexibility index (Phi) is 5.77. The van der Waals surface area contributed by atoms with Gasteiger partial charge in [0.05, 0.1) is 9.43 Å². The van der Waals surface area contributed by atoms with E-state index in [2.05, 4.69) is 60.4 Å². The zero-order valence-electron chi connectivity index (χ0n) is 11.4. The monoisotopic (exact) mass is 404 g/mol. The zero-order valence-corrected chi connectivity index (χ0v) is 14.4. The molecule has 0 aromatic carbocycles.